The van der Waals surface area contributed by atoms with E-state index >= 15 is 0 Å². The van der Waals surface area contributed by atoms with Gasteiger partial charge in [-0.05, 0) is 48.9 Å². The van der Waals surface area contributed by atoms with Crippen LogP contribution in [0.3, 0.4) is 0 Å². The van der Waals surface area contributed by atoms with E-state index in [2.05, 4.69) is 0 Å². The number of hydrogen-bond acceptors (Lipinski definition) is 3. The summed E-state index contributed by atoms with van der Waals surface area (Å²) >= 11 is 0. The smallest absolute Gasteiger partial charge is 0.254 e. The first-order chi connectivity index (χ1) is 13.6. The Kier molecular flexibility index (Phi) is 6.60. The average Bonchev–Trinajstić information content (AvgIpc) is 3.16. The minimum atomic E-state index is -0.692. The summed E-state index contributed by atoms with van der Waals surface area (Å²) in [6, 6.07) is 17.5. The van der Waals surface area contributed by atoms with E-state index in [9.17, 15) is 9.59 Å². The van der Waals surface area contributed by atoms with Crippen LogP contribution < -0.4 is 5.73 Å². The van der Waals surface area contributed by atoms with Gasteiger partial charge in [0.25, 0.3) is 5.91 Å². The molecule has 6 heteroatoms. The number of piperidine rings is 1. The molecule has 29 heavy (non-hydrogen) atoms. The highest BCUT2D eigenvalue weighted by Crippen LogP contribution is 2.39. The fraction of sp³-hybridized carbons (Fsp3) is 0.391. The van der Waals surface area contributed by atoms with Gasteiger partial charge in [0.2, 0.25) is 5.91 Å². The standard InChI is InChI=1S/C23H27N3O2.ClH/c24-16-19-9-4-10-20(15-19)21(27)26-14-6-12-23(26)11-5-13-25(22(23)28)17-18-7-2-1-3-8-18;/h1-4,7-10,15H,5-6,11-14,16-17,24H2;1H. The Morgan fingerprint density at radius 2 is 1.66 bits per heavy atom. The topological polar surface area (TPSA) is 66.6 Å². The van der Waals surface area contributed by atoms with Gasteiger partial charge in [-0.15, -0.1) is 12.4 Å². The van der Waals surface area contributed by atoms with Crippen LogP contribution in [-0.4, -0.2) is 40.2 Å². The van der Waals surface area contributed by atoms with Crippen LogP contribution in [0.25, 0.3) is 0 Å². The fourth-order valence-corrected chi connectivity index (χ4v) is 4.66. The molecule has 2 saturated heterocycles. The first kappa shape index (κ1) is 21.3. The molecular weight excluding hydrogens is 386 g/mol. The maximum Gasteiger partial charge on any atom is 0.254 e. The third-order valence-electron chi connectivity index (χ3n) is 6.06. The number of amides is 2. The molecule has 5 nitrogen and oxygen atoms in total. The van der Waals surface area contributed by atoms with Crippen molar-refractivity contribution in [2.75, 3.05) is 13.1 Å². The van der Waals surface area contributed by atoms with Gasteiger partial charge in [-0.1, -0.05) is 42.5 Å². The Morgan fingerprint density at radius 3 is 2.38 bits per heavy atom. The Hall–Kier alpha value is -2.37. The quantitative estimate of drug-likeness (QED) is 0.835. The third-order valence-corrected chi connectivity index (χ3v) is 6.06. The van der Waals surface area contributed by atoms with Crippen LogP contribution in [0.5, 0.6) is 0 Å². The Balaban J connectivity index is 0.00000240. The van der Waals surface area contributed by atoms with Crippen LogP contribution >= 0.6 is 12.4 Å². The van der Waals surface area contributed by atoms with Crippen molar-refractivity contribution >= 4 is 24.2 Å². The molecule has 2 fully saturated rings. The zero-order chi connectivity index (χ0) is 19.6. The lowest BCUT2D eigenvalue weighted by Crippen LogP contribution is -2.61. The van der Waals surface area contributed by atoms with Crippen molar-refractivity contribution in [3.63, 3.8) is 0 Å². The summed E-state index contributed by atoms with van der Waals surface area (Å²) in [5, 5.41) is 0. The molecule has 2 aliphatic heterocycles. The molecule has 0 aromatic heterocycles. The number of rotatable bonds is 4. The minimum absolute atomic E-state index is 0. The molecule has 2 aromatic rings. The van der Waals surface area contributed by atoms with Gasteiger partial charge in [0.1, 0.15) is 5.54 Å². The molecule has 1 atom stereocenters. The van der Waals surface area contributed by atoms with E-state index in [0.29, 0.717) is 25.2 Å². The van der Waals surface area contributed by atoms with E-state index in [0.717, 1.165) is 43.4 Å². The largest absolute Gasteiger partial charge is 0.336 e. The van der Waals surface area contributed by atoms with Crippen LogP contribution in [0, 0.1) is 0 Å². The highest BCUT2D eigenvalue weighted by molar-refractivity contribution is 6.00. The van der Waals surface area contributed by atoms with Crippen molar-refractivity contribution in [3.8, 4) is 0 Å². The number of carbonyl (C=O) groups excluding carboxylic acids is 2. The average molecular weight is 414 g/mol. The molecule has 0 radical (unpaired) electrons. The molecule has 154 valence electrons. The molecular formula is C23H28ClN3O2. The SMILES string of the molecule is Cl.NCc1cccc(C(=O)N2CCCC23CCCN(Cc2ccccc2)C3=O)c1. The lowest BCUT2D eigenvalue weighted by molar-refractivity contribution is -0.146. The summed E-state index contributed by atoms with van der Waals surface area (Å²) in [5.74, 6) is 0.0474. The first-order valence-electron chi connectivity index (χ1n) is 10.1. The summed E-state index contributed by atoms with van der Waals surface area (Å²) in [5.41, 5.74) is 7.72. The number of carbonyl (C=O) groups is 2. The zero-order valence-corrected chi connectivity index (χ0v) is 17.4. The van der Waals surface area contributed by atoms with Crippen molar-refractivity contribution in [3.05, 3.63) is 71.3 Å². The maximum atomic E-state index is 13.5. The van der Waals surface area contributed by atoms with E-state index in [-0.39, 0.29) is 24.2 Å². The normalized spacial score (nSPS) is 21.3. The Morgan fingerprint density at radius 1 is 0.966 bits per heavy atom. The molecule has 2 aliphatic rings. The van der Waals surface area contributed by atoms with Gasteiger partial charge in [0, 0.05) is 31.7 Å². The van der Waals surface area contributed by atoms with Gasteiger partial charge in [-0.2, -0.15) is 0 Å². The number of benzene rings is 2. The van der Waals surface area contributed by atoms with E-state index in [1.165, 1.54) is 0 Å². The summed E-state index contributed by atoms with van der Waals surface area (Å²) < 4.78 is 0. The summed E-state index contributed by atoms with van der Waals surface area (Å²) in [4.78, 5) is 30.6. The molecule has 2 amide bonds. The molecule has 1 unspecified atom stereocenters. The Bertz CT molecular complexity index is 873. The van der Waals surface area contributed by atoms with Crippen LogP contribution in [0.2, 0.25) is 0 Å². The number of likely N-dealkylation sites (tertiary alicyclic amines) is 2. The number of nitrogens with two attached hydrogens (primary N) is 1. The van der Waals surface area contributed by atoms with E-state index in [1.807, 2.05) is 64.4 Å². The maximum absolute atomic E-state index is 13.5. The van der Waals surface area contributed by atoms with Gasteiger partial charge < -0.3 is 15.5 Å². The van der Waals surface area contributed by atoms with E-state index in [4.69, 9.17) is 5.73 Å². The van der Waals surface area contributed by atoms with Crippen LogP contribution in [0.15, 0.2) is 54.6 Å². The second-order valence-electron chi connectivity index (χ2n) is 7.81. The van der Waals surface area contributed by atoms with Gasteiger partial charge in [0.05, 0.1) is 0 Å². The van der Waals surface area contributed by atoms with Crippen molar-refractivity contribution in [2.24, 2.45) is 5.73 Å². The highest BCUT2D eigenvalue weighted by Gasteiger charge is 2.52. The molecule has 2 aromatic carbocycles. The predicted octanol–water partition coefficient (Wildman–Crippen LogP) is 3.36. The van der Waals surface area contributed by atoms with Crippen LogP contribution in [-0.2, 0) is 17.9 Å². The summed E-state index contributed by atoms with van der Waals surface area (Å²) in [6.07, 6.45) is 3.29. The third kappa shape index (κ3) is 4.02. The van der Waals surface area contributed by atoms with Crippen LogP contribution in [0.1, 0.15) is 47.2 Å². The van der Waals surface area contributed by atoms with Gasteiger partial charge in [-0.25, -0.2) is 0 Å². The molecule has 0 aliphatic carbocycles. The number of halogens is 1. The number of nitrogens with zero attached hydrogens (tertiary/aromatic N) is 2. The monoisotopic (exact) mass is 413 g/mol. The second-order valence-corrected chi connectivity index (χ2v) is 7.81. The second kappa shape index (κ2) is 8.97. The van der Waals surface area contributed by atoms with Gasteiger partial charge in [0.15, 0.2) is 0 Å². The van der Waals surface area contributed by atoms with Gasteiger partial charge >= 0.3 is 0 Å². The summed E-state index contributed by atoms with van der Waals surface area (Å²) in [7, 11) is 0. The van der Waals surface area contributed by atoms with Crippen molar-refractivity contribution in [2.45, 2.75) is 44.3 Å². The predicted molar refractivity (Wildman–Crippen MR) is 116 cm³/mol. The lowest BCUT2D eigenvalue weighted by Gasteiger charge is -2.44. The van der Waals surface area contributed by atoms with Crippen molar-refractivity contribution in [1.82, 2.24) is 9.80 Å². The fourth-order valence-electron chi connectivity index (χ4n) is 4.66. The van der Waals surface area contributed by atoms with Crippen LogP contribution in [0.4, 0.5) is 0 Å². The lowest BCUT2D eigenvalue weighted by atomic mass is 9.84. The van der Waals surface area contributed by atoms with Crippen molar-refractivity contribution < 1.29 is 9.59 Å². The molecule has 2 heterocycles. The number of hydrogen-bond donors (Lipinski definition) is 1. The van der Waals surface area contributed by atoms with E-state index < -0.39 is 5.54 Å². The van der Waals surface area contributed by atoms with E-state index in [1.54, 1.807) is 0 Å². The van der Waals surface area contributed by atoms with Gasteiger partial charge in [-0.3, -0.25) is 9.59 Å². The molecule has 0 saturated carbocycles. The molecule has 4 rings (SSSR count). The first-order valence-corrected chi connectivity index (χ1v) is 10.1. The Labute approximate surface area is 178 Å². The zero-order valence-electron chi connectivity index (χ0n) is 16.5. The molecule has 2 N–H and O–H groups in total. The molecule has 0 bridgehead atoms. The highest BCUT2D eigenvalue weighted by atomic mass is 35.5. The van der Waals surface area contributed by atoms with Crippen molar-refractivity contribution in [1.29, 1.82) is 0 Å². The summed E-state index contributed by atoms with van der Waals surface area (Å²) in [6.45, 7) is 2.39. The molecule has 1 spiro atoms. The minimum Gasteiger partial charge on any atom is -0.336 e.